The number of pyridine rings is 1. The summed E-state index contributed by atoms with van der Waals surface area (Å²) >= 11 is 0. The number of carbonyl (C=O) groups is 1. The molecule has 2 aliphatic rings. The smallest absolute Gasteiger partial charge is 0.256 e. The molecule has 0 unspecified atom stereocenters. The second kappa shape index (κ2) is 10.1. The number of hydrogen-bond acceptors (Lipinski definition) is 5. The molecule has 1 amide bonds. The first kappa shape index (κ1) is 23.4. The molecule has 1 saturated heterocycles. The van der Waals surface area contributed by atoms with Gasteiger partial charge < -0.3 is 23.8 Å². The van der Waals surface area contributed by atoms with Crippen molar-refractivity contribution >= 4 is 16.8 Å². The zero-order chi connectivity index (χ0) is 24.4. The summed E-state index contributed by atoms with van der Waals surface area (Å²) in [4.78, 5) is 31.3. The van der Waals surface area contributed by atoms with Crippen molar-refractivity contribution in [3.63, 3.8) is 0 Å². The summed E-state index contributed by atoms with van der Waals surface area (Å²) in [7, 11) is 3.24. The molecule has 5 rings (SSSR count). The van der Waals surface area contributed by atoms with Crippen molar-refractivity contribution in [2.24, 2.45) is 0 Å². The van der Waals surface area contributed by atoms with Crippen molar-refractivity contribution in [3.05, 3.63) is 69.5 Å². The van der Waals surface area contributed by atoms with E-state index in [2.05, 4.69) is 4.90 Å². The second-order valence-corrected chi connectivity index (χ2v) is 9.38. The average Bonchev–Trinajstić information content (AvgIpc) is 2.92. The van der Waals surface area contributed by atoms with Crippen molar-refractivity contribution < 1.29 is 14.3 Å². The molecule has 184 valence electrons. The third-order valence-electron chi connectivity index (χ3n) is 7.36. The van der Waals surface area contributed by atoms with Gasteiger partial charge in [-0.05, 0) is 56.1 Å². The molecule has 0 bridgehead atoms. The van der Waals surface area contributed by atoms with Gasteiger partial charge in [0.15, 0.2) is 11.5 Å². The van der Waals surface area contributed by atoms with Gasteiger partial charge >= 0.3 is 0 Å². The van der Waals surface area contributed by atoms with E-state index in [1.165, 1.54) is 19.3 Å². The van der Waals surface area contributed by atoms with Gasteiger partial charge in [0, 0.05) is 42.2 Å². The number of rotatable bonds is 6. The van der Waals surface area contributed by atoms with Crippen LogP contribution in [0.1, 0.15) is 40.7 Å². The monoisotopic (exact) mass is 475 g/mol. The molecule has 0 radical (unpaired) electrons. The highest BCUT2D eigenvalue weighted by atomic mass is 16.5. The Labute approximate surface area is 205 Å². The van der Waals surface area contributed by atoms with Crippen LogP contribution in [0.15, 0.2) is 47.3 Å². The topological polar surface area (TPSA) is 64.0 Å². The number of ether oxygens (including phenoxy) is 2. The van der Waals surface area contributed by atoms with E-state index in [4.69, 9.17) is 9.47 Å². The molecule has 3 heterocycles. The summed E-state index contributed by atoms with van der Waals surface area (Å²) in [5.74, 6) is 1.22. The molecule has 1 aromatic heterocycles. The Hall–Kier alpha value is -3.32. The van der Waals surface area contributed by atoms with Crippen molar-refractivity contribution in [1.29, 1.82) is 0 Å². The molecular formula is C28H33N3O4. The number of likely N-dealkylation sites (tertiary alicyclic amines) is 1. The van der Waals surface area contributed by atoms with Crippen molar-refractivity contribution in [2.45, 2.75) is 38.8 Å². The fourth-order valence-corrected chi connectivity index (χ4v) is 5.45. The first-order valence-corrected chi connectivity index (χ1v) is 12.5. The predicted octanol–water partition coefficient (Wildman–Crippen LogP) is 3.70. The van der Waals surface area contributed by atoms with E-state index >= 15 is 0 Å². The minimum atomic E-state index is -0.0390. The Kier molecular flexibility index (Phi) is 6.77. The molecule has 0 aliphatic carbocycles. The predicted molar refractivity (Wildman–Crippen MR) is 136 cm³/mol. The van der Waals surface area contributed by atoms with Gasteiger partial charge in [-0.25, -0.2) is 0 Å². The highest BCUT2D eigenvalue weighted by molar-refractivity contribution is 5.95. The fraction of sp³-hybridized carbons (Fsp3) is 0.429. The summed E-state index contributed by atoms with van der Waals surface area (Å²) in [6.07, 6.45) is 4.32. The SMILES string of the molecule is COc1cc2c3c(c(=O)n(CCN4CCCCC4)c2cc1OC)CN(C(=O)c1ccccc1)CC3. The number of aromatic nitrogens is 1. The van der Waals surface area contributed by atoms with Crippen LogP contribution < -0.4 is 15.0 Å². The fourth-order valence-electron chi connectivity index (χ4n) is 5.45. The summed E-state index contributed by atoms with van der Waals surface area (Å²) in [5, 5.41) is 1.00. The summed E-state index contributed by atoms with van der Waals surface area (Å²) in [6.45, 7) is 4.47. The van der Waals surface area contributed by atoms with Crippen LogP contribution in [0.5, 0.6) is 11.5 Å². The van der Waals surface area contributed by atoms with Gasteiger partial charge in [0.05, 0.1) is 26.3 Å². The molecular weight excluding hydrogens is 442 g/mol. The molecule has 0 saturated carbocycles. The lowest BCUT2D eigenvalue weighted by molar-refractivity contribution is 0.0734. The lowest BCUT2D eigenvalue weighted by atomic mass is 9.95. The first-order valence-electron chi connectivity index (χ1n) is 12.5. The van der Waals surface area contributed by atoms with Gasteiger partial charge in [0.2, 0.25) is 0 Å². The number of amides is 1. The van der Waals surface area contributed by atoms with E-state index in [0.29, 0.717) is 48.7 Å². The Morgan fingerprint density at radius 2 is 1.60 bits per heavy atom. The van der Waals surface area contributed by atoms with E-state index in [1.807, 2.05) is 47.0 Å². The maximum atomic E-state index is 13.9. The summed E-state index contributed by atoms with van der Waals surface area (Å²) < 4.78 is 13.0. The standard InChI is InChI=1S/C28H33N3O4/c1-34-25-17-22-21-11-14-30(27(32)20-9-5-3-6-10-20)19-23(21)28(33)31(24(22)18-26(25)35-2)16-15-29-12-7-4-8-13-29/h3,5-6,9-10,17-18H,4,7-8,11-16,19H2,1-2H3. The Morgan fingerprint density at radius 1 is 0.886 bits per heavy atom. The summed E-state index contributed by atoms with van der Waals surface area (Å²) in [5.41, 5.74) is 3.22. The Bertz CT molecular complexity index is 1280. The zero-order valence-corrected chi connectivity index (χ0v) is 20.6. The molecule has 7 nitrogen and oxygen atoms in total. The number of hydrogen-bond donors (Lipinski definition) is 0. The molecule has 7 heteroatoms. The van der Waals surface area contributed by atoms with E-state index in [0.717, 1.165) is 36.1 Å². The summed E-state index contributed by atoms with van der Waals surface area (Å²) in [6, 6.07) is 13.2. The number of benzene rings is 2. The van der Waals surface area contributed by atoms with Crippen LogP contribution in [-0.4, -0.2) is 60.7 Å². The second-order valence-electron chi connectivity index (χ2n) is 9.38. The zero-order valence-electron chi connectivity index (χ0n) is 20.6. The molecule has 3 aromatic rings. The third-order valence-corrected chi connectivity index (χ3v) is 7.36. The van der Waals surface area contributed by atoms with Gasteiger partial charge in [-0.2, -0.15) is 0 Å². The average molecular weight is 476 g/mol. The number of nitrogens with zero attached hydrogens (tertiary/aromatic N) is 3. The number of fused-ring (bicyclic) bond motifs is 3. The van der Waals surface area contributed by atoms with Crippen molar-refractivity contribution in [3.8, 4) is 11.5 Å². The maximum absolute atomic E-state index is 13.9. The minimum absolute atomic E-state index is 0.0118. The first-order chi connectivity index (χ1) is 17.1. The van der Waals surface area contributed by atoms with E-state index in [9.17, 15) is 9.59 Å². The van der Waals surface area contributed by atoms with Crippen LogP contribution in [0.4, 0.5) is 0 Å². The number of carbonyl (C=O) groups excluding carboxylic acids is 1. The molecule has 2 aliphatic heterocycles. The number of piperidine rings is 1. The van der Waals surface area contributed by atoms with Gasteiger partial charge in [-0.15, -0.1) is 0 Å². The lowest BCUT2D eigenvalue weighted by Crippen LogP contribution is -2.41. The van der Waals surface area contributed by atoms with Gasteiger partial charge in [0.1, 0.15) is 0 Å². The van der Waals surface area contributed by atoms with Crippen LogP contribution in [0, 0.1) is 0 Å². The Morgan fingerprint density at radius 3 is 2.31 bits per heavy atom. The van der Waals surface area contributed by atoms with E-state index in [1.54, 1.807) is 19.1 Å². The van der Waals surface area contributed by atoms with Gasteiger partial charge in [-0.1, -0.05) is 24.6 Å². The highest BCUT2D eigenvalue weighted by Crippen LogP contribution is 2.35. The van der Waals surface area contributed by atoms with Crippen LogP contribution in [-0.2, 0) is 19.5 Å². The largest absolute Gasteiger partial charge is 0.493 e. The minimum Gasteiger partial charge on any atom is -0.493 e. The Balaban J connectivity index is 1.57. The van der Waals surface area contributed by atoms with Crippen molar-refractivity contribution in [1.82, 2.24) is 14.4 Å². The molecule has 0 N–H and O–H groups in total. The van der Waals surface area contributed by atoms with Crippen molar-refractivity contribution in [2.75, 3.05) is 40.4 Å². The number of methoxy groups -OCH3 is 2. The van der Waals surface area contributed by atoms with Crippen LogP contribution in [0.3, 0.4) is 0 Å². The molecule has 2 aromatic carbocycles. The quantitative estimate of drug-likeness (QED) is 0.544. The van der Waals surface area contributed by atoms with E-state index in [-0.39, 0.29) is 11.5 Å². The molecule has 35 heavy (non-hydrogen) atoms. The molecule has 1 fully saturated rings. The maximum Gasteiger partial charge on any atom is 0.256 e. The van der Waals surface area contributed by atoms with Gasteiger partial charge in [-0.3, -0.25) is 9.59 Å². The van der Waals surface area contributed by atoms with Crippen LogP contribution >= 0.6 is 0 Å². The van der Waals surface area contributed by atoms with Crippen LogP contribution in [0.25, 0.3) is 10.9 Å². The highest BCUT2D eigenvalue weighted by Gasteiger charge is 2.28. The molecule has 0 atom stereocenters. The normalized spacial score (nSPS) is 16.2. The third kappa shape index (κ3) is 4.52. The molecule has 0 spiro atoms. The lowest BCUT2D eigenvalue weighted by Gasteiger charge is -2.31. The van der Waals surface area contributed by atoms with E-state index < -0.39 is 0 Å². The van der Waals surface area contributed by atoms with Gasteiger partial charge in [0.25, 0.3) is 11.5 Å². The van der Waals surface area contributed by atoms with Crippen LogP contribution in [0.2, 0.25) is 0 Å².